The standard InChI is InChI=1S/C26H30N2O6S/c1-18(2)27-35(30,31)25-16-20(9-11-24(25)32-3)26(29)34-23-10-8-19-6-4-5-7-21(19)22(23)17-28-12-14-33-15-13-28/h4-11,16,18,27H,12-15,17H2,1-3H3. The first-order chi connectivity index (χ1) is 16.8. The van der Waals surface area contributed by atoms with Crippen LogP contribution < -0.4 is 14.2 Å². The lowest BCUT2D eigenvalue weighted by atomic mass is 10.0. The van der Waals surface area contributed by atoms with Crippen molar-refractivity contribution in [3.63, 3.8) is 0 Å². The Labute approximate surface area is 205 Å². The highest BCUT2D eigenvalue weighted by molar-refractivity contribution is 7.89. The van der Waals surface area contributed by atoms with Gasteiger partial charge in [0, 0.05) is 31.2 Å². The highest BCUT2D eigenvalue weighted by Crippen LogP contribution is 2.31. The van der Waals surface area contributed by atoms with Gasteiger partial charge in [-0.05, 0) is 48.9 Å². The Bertz CT molecular complexity index is 1320. The zero-order chi connectivity index (χ0) is 25.0. The minimum absolute atomic E-state index is 0.111. The van der Waals surface area contributed by atoms with Gasteiger partial charge in [-0.25, -0.2) is 17.9 Å². The van der Waals surface area contributed by atoms with Gasteiger partial charge in [-0.3, -0.25) is 4.90 Å². The van der Waals surface area contributed by atoms with E-state index in [2.05, 4.69) is 9.62 Å². The Balaban J connectivity index is 1.68. The molecule has 186 valence electrons. The topological polar surface area (TPSA) is 94.2 Å². The van der Waals surface area contributed by atoms with Crippen molar-refractivity contribution >= 4 is 26.8 Å². The summed E-state index contributed by atoms with van der Waals surface area (Å²) in [5.41, 5.74) is 1.02. The van der Waals surface area contributed by atoms with E-state index >= 15 is 0 Å². The molecule has 1 heterocycles. The van der Waals surface area contributed by atoms with E-state index in [4.69, 9.17) is 14.2 Å². The van der Waals surface area contributed by atoms with Gasteiger partial charge in [-0.1, -0.05) is 30.3 Å². The molecule has 0 atom stereocenters. The van der Waals surface area contributed by atoms with Gasteiger partial charge in [-0.2, -0.15) is 0 Å². The Morgan fingerprint density at radius 1 is 1.06 bits per heavy atom. The van der Waals surface area contributed by atoms with Crippen LogP contribution in [0.2, 0.25) is 0 Å². The quantitative estimate of drug-likeness (QED) is 0.375. The first-order valence-corrected chi connectivity index (χ1v) is 13.0. The van der Waals surface area contributed by atoms with Crippen molar-refractivity contribution < 1.29 is 27.4 Å². The van der Waals surface area contributed by atoms with Crippen LogP contribution in [0.25, 0.3) is 10.8 Å². The molecule has 1 aliphatic heterocycles. The molecule has 3 aromatic carbocycles. The number of carbonyl (C=O) groups excluding carboxylic acids is 1. The van der Waals surface area contributed by atoms with Crippen molar-refractivity contribution in [2.24, 2.45) is 0 Å². The number of nitrogens with one attached hydrogen (secondary N) is 1. The Hall–Kier alpha value is -2.98. The van der Waals surface area contributed by atoms with Crippen molar-refractivity contribution in [1.82, 2.24) is 9.62 Å². The zero-order valence-corrected chi connectivity index (χ0v) is 20.9. The van der Waals surface area contributed by atoms with Crippen molar-refractivity contribution in [2.45, 2.75) is 31.3 Å². The second-order valence-corrected chi connectivity index (χ2v) is 10.4. The van der Waals surface area contributed by atoms with Gasteiger partial charge >= 0.3 is 5.97 Å². The molecule has 35 heavy (non-hydrogen) atoms. The summed E-state index contributed by atoms with van der Waals surface area (Å²) in [5.74, 6) is -0.0544. The second-order valence-electron chi connectivity index (χ2n) is 8.68. The average molecular weight is 499 g/mol. The minimum atomic E-state index is -3.89. The number of fused-ring (bicyclic) bond motifs is 1. The zero-order valence-electron chi connectivity index (χ0n) is 20.1. The van der Waals surface area contributed by atoms with Gasteiger partial charge in [0.25, 0.3) is 0 Å². The second kappa shape index (κ2) is 10.7. The van der Waals surface area contributed by atoms with Crippen LogP contribution in [0.4, 0.5) is 0 Å². The van der Waals surface area contributed by atoms with Gasteiger partial charge in [0.2, 0.25) is 10.0 Å². The summed E-state index contributed by atoms with van der Waals surface area (Å²) < 4.78 is 44.7. The van der Waals surface area contributed by atoms with Crippen LogP contribution in [0.5, 0.6) is 11.5 Å². The molecule has 0 spiro atoms. The highest BCUT2D eigenvalue weighted by atomic mass is 32.2. The molecule has 0 bridgehead atoms. The number of hydrogen-bond donors (Lipinski definition) is 1. The molecule has 1 aliphatic rings. The van der Waals surface area contributed by atoms with Crippen LogP contribution in [0.3, 0.4) is 0 Å². The van der Waals surface area contributed by atoms with Crippen molar-refractivity contribution in [1.29, 1.82) is 0 Å². The fourth-order valence-corrected chi connectivity index (χ4v) is 5.55. The summed E-state index contributed by atoms with van der Waals surface area (Å²) in [4.78, 5) is 15.3. The smallest absolute Gasteiger partial charge is 0.343 e. The number of sulfonamides is 1. The van der Waals surface area contributed by atoms with Crippen molar-refractivity contribution in [3.05, 3.63) is 65.7 Å². The van der Waals surface area contributed by atoms with E-state index in [1.54, 1.807) is 19.9 Å². The van der Waals surface area contributed by atoms with Crippen molar-refractivity contribution in [3.8, 4) is 11.5 Å². The Morgan fingerprint density at radius 2 is 1.77 bits per heavy atom. The number of benzene rings is 3. The summed E-state index contributed by atoms with van der Waals surface area (Å²) in [6, 6.07) is 15.6. The average Bonchev–Trinajstić information content (AvgIpc) is 2.85. The van der Waals surface area contributed by atoms with E-state index in [0.29, 0.717) is 25.5 Å². The monoisotopic (exact) mass is 498 g/mol. The van der Waals surface area contributed by atoms with Gasteiger partial charge < -0.3 is 14.2 Å². The van der Waals surface area contributed by atoms with Crippen LogP contribution in [0, 0.1) is 0 Å². The molecule has 9 heteroatoms. The summed E-state index contributed by atoms with van der Waals surface area (Å²) in [7, 11) is -2.50. The molecule has 4 rings (SSSR count). The number of esters is 1. The molecule has 0 saturated carbocycles. The van der Waals surface area contributed by atoms with E-state index in [9.17, 15) is 13.2 Å². The summed E-state index contributed by atoms with van der Waals surface area (Å²) >= 11 is 0. The number of methoxy groups -OCH3 is 1. The molecule has 8 nitrogen and oxygen atoms in total. The molecule has 0 aliphatic carbocycles. The van der Waals surface area contributed by atoms with Gasteiger partial charge in [-0.15, -0.1) is 0 Å². The fraction of sp³-hybridized carbons (Fsp3) is 0.346. The van der Waals surface area contributed by atoms with E-state index in [-0.39, 0.29) is 22.3 Å². The third-order valence-corrected chi connectivity index (χ3v) is 7.45. The molecule has 0 aromatic heterocycles. The fourth-order valence-electron chi connectivity index (χ4n) is 4.10. The maximum Gasteiger partial charge on any atom is 0.343 e. The van der Waals surface area contributed by atoms with E-state index < -0.39 is 16.0 Å². The van der Waals surface area contributed by atoms with Crippen LogP contribution >= 0.6 is 0 Å². The third-order valence-electron chi connectivity index (χ3n) is 5.77. The number of hydrogen-bond acceptors (Lipinski definition) is 7. The SMILES string of the molecule is COc1ccc(C(=O)Oc2ccc3ccccc3c2CN2CCOCC2)cc1S(=O)(=O)NC(C)C. The summed E-state index contributed by atoms with van der Waals surface area (Å²) in [5, 5.41) is 2.05. The number of nitrogens with zero attached hydrogens (tertiary/aromatic N) is 1. The van der Waals surface area contributed by atoms with Crippen LogP contribution in [-0.2, 0) is 21.3 Å². The Morgan fingerprint density at radius 3 is 2.49 bits per heavy atom. The van der Waals surface area contributed by atoms with Crippen LogP contribution in [-0.4, -0.2) is 58.7 Å². The molecule has 0 radical (unpaired) electrons. The summed E-state index contributed by atoms with van der Waals surface area (Å²) in [6.45, 7) is 6.95. The Kier molecular flexibility index (Phi) is 7.71. The van der Waals surface area contributed by atoms with Gasteiger partial charge in [0.1, 0.15) is 16.4 Å². The molecule has 1 fully saturated rings. The lowest BCUT2D eigenvalue weighted by Crippen LogP contribution is -2.35. The summed E-state index contributed by atoms with van der Waals surface area (Å²) in [6.07, 6.45) is 0. The number of carbonyl (C=O) groups is 1. The lowest BCUT2D eigenvalue weighted by Gasteiger charge is -2.27. The maximum absolute atomic E-state index is 13.2. The van der Waals surface area contributed by atoms with Crippen molar-refractivity contribution in [2.75, 3.05) is 33.4 Å². The molecule has 3 aromatic rings. The molecule has 0 amide bonds. The van der Waals surface area contributed by atoms with Crippen LogP contribution in [0.15, 0.2) is 59.5 Å². The normalized spacial score (nSPS) is 14.9. The van der Waals surface area contributed by atoms with E-state index in [1.807, 2.05) is 30.3 Å². The van der Waals surface area contributed by atoms with Crippen LogP contribution in [0.1, 0.15) is 29.8 Å². The van der Waals surface area contributed by atoms with E-state index in [1.165, 1.54) is 25.3 Å². The minimum Gasteiger partial charge on any atom is -0.495 e. The predicted molar refractivity (Wildman–Crippen MR) is 133 cm³/mol. The number of ether oxygens (including phenoxy) is 3. The molecular weight excluding hydrogens is 468 g/mol. The highest BCUT2D eigenvalue weighted by Gasteiger charge is 2.24. The van der Waals surface area contributed by atoms with Gasteiger partial charge in [0.05, 0.1) is 25.9 Å². The maximum atomic E-state index is 13.2. The predicted octanol–water partition coefficient (Wildman–Crippen LogP) is 3.59. The molecule has 1 N–H and O–H groups in total. The molecule has 1 saturated heterocycles. The first-order valence-electron chi connectivity index (χ1n) is 11.5. The molecule has 0 unspecified atom stereocenters. The lowest BCUT2D eigenvalue weighted by molar-refractivity contribution is 0.0339. The number of rotatable bonds is 8. The first kappa shape index (κ1) is 25.1. The molecular formula is C26H30N2O6S. The third kappa shape index (κ3) is 5.82. The van der Waals surface area contributed by atoms with Gasteiger partial charge in [0.15, 0.2) is 0 Å². The largest absolute Gasteiger partial charge is 0.495 e. The number of morpholine rings is 1. The van der Waals surface area contributed by atoms with E-state index in [0.717, 1.165) is 29.4 Å².